The van der Waals surface area contributed by atoms with Crippen molar-refractivity contribution < 1.29 is 14.3 Å². The Balaban J connectivity index is 1.53. The maximum Gasteiger partial charge on any atom is 0.248 e. The highest BCUT2D eigenvalue weighted by Gasteiger charge is 2.52. The second kappa shape index (κ2) is 6.68. The van der Waals surface area contributed by atoms with E-state index in [0.717, 1.165) is 6.42 Å². The summed E-state index contributed by atoms with van der Waals surface area (Å²) in [6.07, 6.45) is 1.31. The van der Waals surface area contributed by atoms with Crippen molar-refractivity contribution in [2.24, 2.45) is 0 Å². The van der Waals surface area contributed by atoms with Crippen molar-refractivity contribution >= 4 is 29.3 Å². The lowest BCUT2D eigenvalue weighted by Gasteiger charge is -2.30. The van der Waals surface area contributed by atoms with Crippen LogP contribution < -0.4 is 10.1 Å². The summed E-state index contributed by atoms with van der Waals surface area (Å²) < 4.78 is 5.90. The molecule has 2 saturated heterocycles. The molecule has 0 radical (unpaired) electrons. The molecule has 4 rings (SSSR count). The quantitative estimate of drug-likeness (QED) is 0.890. The maximum absolute atomic E-state index is 12.9. The van der Waals surface area contributed by atoms with E-state index in [2.05, 4.69) is 5.32 Å². The van der Waals surface area contributed by atoms with Crippen molar-refractivity contribution in [3.8, 4) is 11.5 Å². The van der Waals surface area contributed by atoms with Gasteiger partial charge in [0.25, 0.3) is 0 Å². The van der Waals surface area contributed by atoms with Gasteiger partial charge in [0.05, 0.1) is 10.6 Å². The van der Waals surface area contributed by atoms with Crippen molar-refractivity contribution in [2.45, 2.75) is 30.7 Å². The lowest BCUT2D eigenvalue weighted by atomic mass is 10.2. The lowest BCUT2D eigenvalue weighted by molar-refractivity contribution is -0.135. The van der Waals surface area contributed by atoms with E-state index < -0.39 is 6.04 Å². The summed E-state index contributed by atoms with van der Waals surface area (Å²) in [6, 6.07) is 16.3. The Morgan fingerprint density at radius 1 is 1.19 bits per heavy atom. The van der Waals surface area contributed by atoms with Gasteiger partial charge in [-0.15, -0.1) is 11.8 Å². The van der Waals surface area contributed by atoms with E-state index >= 15 is 0 Å². The Morgan fingerprint density at radius 2 is 1.92 bits per heavy atom. The van der Waals surface area contributed by atoms with Gasteiger partial charge in [-0.05, 0) is 37.6 Å². The average Bonchev–Trinajstić information content (AvgIpc) is 3.14. The van der Waals surface area contributed by atoms with Crippen molar-refractivity contribution in [3.63, 3.8) is 0 Å². The van der Waals surface area contributed by atoms with Crippen LogP contribution >= 0.6 is 11.8 Å². The Kier molecular flexibility index (Phi) is 4.36. The summed E-state index contributed by atoms with van der Waals surface area (Å²) in [5, 5.41) is 2.95. The van der Waals surface area contributed by atoms with E-state index in [-0.39, 0.29) is 16.7 Å². The largest absolute Gasteiger partial charge is 0.455 e. The minimum absolute atomic E-state index is 0.0615. The fraction of sp³-hybridized carbons (Fsp3) is 0.300. The van der Waals surface area contributed by atoms with Crippen molar-refractivity contribution in [1.82, 2.24) is 4.90 Å². The highest BCUT2D eigenvalue weighted by atomic mass is 32.2. The molecule has 2 aliphatic rings. The van der Waals surface area contributed by atoms with Crippen LogP contribution in [0.1, 0.15) is 19.8 Å². The van der Waals surface area contributed by atoms with Crippen LogP contribution in [-0.2, 0) is 9.59 Å². The zero-order valence-electron chi connectivity index (χ0n) is 14.5. The third kappa shape index (κ3) is 3.05. The zero-order valence-corrected chi connectivity index (χ0v) is 15.3. The smallest absolute Gasteiger partial charge is 0.248 e. The number of thioether (sulfide) groups is 1. The van der Waals surface area contributed by atoms with Gasteiger partial charge in [-0.1, -0.05) is 30.3 Å². The van der Waals surface area contributed by atoms with Crippen LogP contribution in [0.2, 0.25) is 0 Å². The van der Waals surface area contributed by atoms with Crippen LogP contribution in [-0.4, -0.2) is 33.4 Å². The first kappa shape index (κ1) is 17.0. The van der Waals surface area contributed by atoms with E-state index in [4.69, 9.17) is 4.74 Å². The van der Waals surface area contributed by atoms with Crippen LogP contribution in [0.15, 0.2) is 54.6 Å². The standard InChI is InChI=1S/C20H20N2O3S/c1-20-12-11-18(23)22(20)16(13-26-20)19(24)21-15-9-5-6-10-17(15)25-14-7-3-2-4-8-14/h2-10,16H,11-13H2,1H3,(H,21,24)/t16-,20-/m1/s1. The van der Waals surface area contributed by atoms with Gasteiger partial charge in [0.1, 0.15) is 11.8 Å². The molecule has 6 heteroatoms. The van der Waals surface area contributed by atoms with Gasteiger partial charge in [0.2, 0.25) is 11.8 Å². The monoisotopic (exact) mass is 368 g/mol. The van der Waals surface area contributed by atoms with Crippen molar-refractivity contribution in [1.29, 1.82) is 0 Å². The molecule has 2 fully saturated rings. The van der Waals surface area contributed by atoms with Crippen LogP contribution in [0.25, 0.3) is 0 Å². The Morgan fingerprint density at radius 3 is 2.73 bits per heavy atom. The summed E-state index contributed by atoms with van der Waals surface area (Å²) in [5.74, 6) is 1.80. The second-order valence-electron chi connectivity index (χ2n) is 6.67. The molecule has 0 saturated carbocycles. The second-order valence-corrected chi connectivity index (χ2v) is 8.17. The van der Waals surface area contributed by atoms with Crippen LogP contribution in [0.5, 0.6) is 11.5 Å². The summed E-state index contributed by atoms with van der Waals surface area (Å²) in [5.41, 5.74) is 0.603. The van der Waals surface area contributed by atoms with Gasteiger partial charge in [-0.25, -0.2) is 0 Å². The number of nitrogens with zero attached hydrogens (tertiary/aromatic N) is 1. The van der Waals surface area contributed by atoms with Gasteiger partial charge < -0.3 is 15.0 Å². The first-order chi connectivity index (χ1) is 12.6. The molecule has 0 aromatic heterocycles. The molecular formula is C20H20N2O3S. The number of fused-ring (bicyclic) bond motifs is 1. The summed E-state index contributed by atoms with van der Waals surface area (Å²) in [7, 11) is 0. The fourth-order valence-electron chi connectivity index (χ4n) is 3.51. The van der Waals surface area contributed by atoms with E-state index in [1.54, 1.807) is 16.7 Å². The third-order valence-electron chi connectivity index (χ3n) is 4.86. The predicted octanol–water partition coefficient (Wildman–Crippen LogP) is 3.87. The van der Waals surface area contributed by atoms with Gasteiger partial charge in [-0.3, -0.25) is 9.59 Å². The van der Waals surface area contributed by atoms with Crippen LogP contribution in [0.4, 0.5) is 5.69 Å². The number of ether oxygens (including phenoxy) is 1. The Bertz CT molecular complexity index is 842. The Hall–Kier alpha value is -2.47. The molecule has 2 atom stereocenters. The normalized spacial score (nSPS) is 24.4. The maximum atomic E-state index is 12.9. The average molecular weight is 368 g/mol. The number of hydrogen-bond acceptors (Lipinski definition) is 4. The molecule has 26 heavy (non-hydrogen) atoms. The topological polar surface area (TPSA) is 58.6 Å². The number of carbonyl (C=O) groups excluding carboxylic acids is 2. The van der Waals surface area contributed by atoms with E-state index in [0.29, 0.717) is 29.4 Å². The van der Waals surface area contributed by atoms with Crippen molar-refractivity contribution in [2.75, 3.05) is 11.1 Å². The summed E-state index contributed by atoms with van der Waals surface area (Å²) in [4.78, 5) is 26.6. The number of carbonyl (C=O) groups is 2. The highest BCUT2D eigenvalue weighted by molar-refractivity contribution is 8.01. The van der Waals surface area contributed by atoms with Gasteiger partial charge in [-0.2, -0.15) is 0 Å². The first-order valence-corrected chi connectivity index (χ1v) is 9.64. The van der Waals surface area contributed by atoms with Crippen LogP contribution in [0, 0.1) is 0 Å². The Labute approximate surface area is 156 Å². The fourth-order valence-corrected chi connectivity index (χ4v) is 4.94. The molecule has 1 N–H and O–H groups in total. The zero-order chi connectivity index (χ0) is 18.1. The van der Waals surface area contributed by atoms with E-state index in [9.17, 15) is 9.59 Å². The molecule has 2 aromatic carbocycles. The minimum atomic E-state index is -0.440. The molecule has 5 nitrogen and oxygen atoms in total. The molecule has 2 aromatic rings. The highest BCUT2D eigenvalue weighted by Crippen LogP contribution is 2.47. The van der Waals surface area contributed by atoms with Gasteiger partial charge in [0, 0.05) is 12.2 Å². The molecule has 0 bridgehead atoms. The number of amides is 2. The minimum Gasteiger partial charge on any atom is -0.455 e. The molecule has 0 unspecified atom stereocenters. The lowest BCUT2D eigenvalue weighted by Crippen LogP contribution is -2.48. The number of nitrogens with one attached hydrogen (secondary N) is 1. The predicted molar refractivity (Wildman–Crippen MR) is 102 cm³/mol. The number of anilines is 1. The molecule has 134 valence electrons. The van der Waals surface area contributed by atoms with E-state index in [1.165, 1.54) is 0 Å². The molecule has 2 heterocycles. The summed E-state index contributed by atoms with van der Waals surface area (Å²) >= 11 is 1.69. The SMILES string of the molecule is C[C@@]12CCC(=O)N1[C@@H](C(=O)Nc1ccccc1Oc1ccccc1)CS2. The van der Waals surface area contributed by atoms with Crippen LogP contribution in [0.3, 0.4) is 0 Å². The first-order valence-electron chi connectivity index (χ1n) is 8.66. The van der Waals surface area contributed by atoms with E-state index in [1.807, 2.05) is 61.5 Å². The number of hydrogen-bond donors (Lipinski definition) is 1. The number of para-hydroxylation sites is 3. The third-order valence-corrected chi connectivity index (χ3v) is 6.37. The molecule has 0 spiro atoms. The number of rotatable bonds is 4. The van der Waals surface area contributed by atoms with Gasteiger partial charge >= 0.3 is 0 Å². The van der Waals surface area contributed by atoms with Crippen molar-refractivity contribution in [3.05, 3.63) is 54.6 Å². The van der Waals surface area contributed by atoms with Gasteiger partial charge in [0.15, 0.2) is 5.75 Å². The molecule has 2 aliphatic heterocycles. The molecule has 0 aliphatic carbocycles. The molecular weight excluding hydrogens is 348 g/mol. The molecule has 2 amide bonds. The summed E-state index contributed by atoms with van der Waals surface area (Å²) in [6.45, 7) is 2.04. The number of benzene rings is 2.